The van der Waals surface area contributed by atoms with Gasteiger partial charge in [0, 0.05) is 31.2 Å². The molecule has 0 aliphatic carbocycles. The normalized spacial score (nSPS) is 10.8. The molecule has 0 unspecified atom stereocenters. The number of aromatic nitrogens is 2. The van der Waals surface area contributed by atoms with Crippen LogP contribution >= 0.6 is 0 Å². The zero-order chi connectivity index (χ0) is 19.0. The first-order chi connectivity index (χ1) is 12.3. The minimum atomic E-state index is -1.22. The van der Waals surface area contributed by atoms with Crippen LogP contribution in [0.5, 0.6) is 11.5 Å². The zero-order valence-electron chi connectivity index (χ0n) is 14.2. The van der Waals surface area contributed by atoms with Crippen LogP contribution in [0, 0.1) is 29.0 Å². The van der Waals surface area contributed by atoms with Gasteiger partial charge in [-0.25, -0.2) is 18.8 Å². The number of methoxy groups -OCH3 is 2. The molecule has 26 heavy (non-hydrogen) atoms. The fraction of sp³-hybridized carbons (Fsp3) is 0.176. The van der Waals surface area contributed by atoms with Gasteiger partial charge in [0.2, 0.25) is 5.52 Å². The van der Waals surface area contributed by atoms with E-state index in [1.54, 1.807) is 18.2 Å². The predicted octanol–water partition coefficient (Wildman–Crippen LogP) is 2.45. The molecule has 0 saturated heterocycles. The lowest BCUT2D eigenvalue weighted by atomic mass is 10.2. The van der Waals surface area contributed by atoms with Crippen LogP contribution in [0.2, 0.25) is 0 Å². The highest BCUT2D eigenvalue weighted by atomic mass is 19.2. The van der Waals surface area contributed by atoms with E-state index in [-0.39, 0.29) is 22.5 Å². The summed E-state index contributed by atoms with van der Waals surface area (Å²) in [6, 6.07) is 6.19. The Morgan fingerprint density at radius 2 is 1.35 bits per heavy atom. The maximum Gasteiger partial charge on any atom is 0.352 e. The van der Waals surface area contributed by atoms with Crippen molar-refractivity contribution in [1.29, 1.82) is 0 Å². The monoisotopic (exact) mass is 363 g/mol. The maximum atomic E-state index is 13.5. The summed E-state index contributed by atoms with van der Waals surface area (Å²) in [5.41, 5.74) is -0.178. The molecule has 0 bridgehead atoms. The minimum absolute atomic E-state index is 0.0136. The fourth-order valence-electron chi connectivity index (χ4n) is 2.55. The predicted molar refractivity (Wildman–Crippen MR) is 89.3 cm³/mol. The summed E-state index contributed by atoms with van der Waals surface area (Å²) in [5.74, 6) is -1.63. The number of rotatable bonds is 4. The van der Waals surface area contributed by atoms with Gasteiger partial charge in [0.1, 0.15) is 17.2 Å². The quantitative estimate of drug-likeness (QED) is 0.569. The zero-order valence-corrected chi connectivity index (χ0v) is 14.2. The van der Waals surface area contributed by atoms with E-state index in [0.717, 1.165) is 0 Å². The lowest BCUT2D eigenvalue weighted by Gasteiger charge is -2.15. The molecule has 2 aromatic carbocycles. The van der Waals surface area contributed by atoms with Crippen LogP contribution in [0.3, 0.4) is 0 Å². The fourth-order valence-corrected chi connectivity index (χ4v) is 2.55. The molecule has 0 aliphatic heterocycles. The molecular weight excluding hydrogens is 348 g/mol. The highest BCUT2D eigenvalue weighted by Crippen LogP contribution is 2.28. The summed E-state index contributed by atoms with van der Waals surface area (Å²) in [4.78, 5) is 0. The van der Waals surface area contributed by atoms with Crippen LogP contribution in [0.25, 0.3) is 11.0 Å². The van der Waals surface area contributed by atoms with E-state index in [1.165, 1.54) is 21.1 Å². The molecule has 1 N–H and O–H groups in total. The third kappa shape index (κ3) is 2.87. The SMILES string of the molecule is COc1cc(Nc2c(C)[n+]([O-])c3cc(F)c(F)cc3[n+]2[O-])cc(OC)c1. The van der Waals surface area contributed by atoms with Crippen LogP contribution in [-0.4, -0.2) is 14.2 Å². The standard InChI is InChI=1S/C17H15F2N3O4/c1-9-17(20-10-4-11(25-2)6-12(5-10)26-3)22(24)16-8-14(19)13(18)7-15(16)21(9)23/h4-8,20H,1-3H3. The van der Waals surface area contributed by atoms with Crippen molar-refractivity contribution in [2.45, 2.75) is 6.92 Å². The Labute approximate surface area is 147 Å². The van der Waals surface area contributed by atoms with Gasteiger partial charge in [-0.1, -0.05) is 0 Å². The molecule has 0 fully saturated rings. The molecule has 9 heteroatoms. The molecular formula is C17H15F2N3O4. The first-order valence-electron chi connectivity index (χ1n) is 7.50. The summed E-state index contributed by atoms with van der Waals surface area (Å²) in [7, 11) is 2.94. The molecule has 3 aromatic rings. The third-order valence-electron chi connectivity index (χ3n) is 3.92. The Morgan fingerprint density at radius 3 is 1.85 bits per heavy atom. The average Bonchev–Trinajstić information content (AvgIpc) is 2.64. The van der Waals surface area contributed by atoms with Crippen molar-refractivity contribution in [3.05, 3.63) is 58.1 Å². The van der Waals surface area contributed by atoms with Gasteiger partial charge in [0.05, 0.1) is 20.3 Å². The third-order valence-corrected chi connectivity index (χ3v) is 3.92. The molecule has 1 heterocycles. The largest absolute Gasteiger partial charge is 0.710 e. The number of hydrogen-bond donors (Lipinski definition) is 1. The van der Waals surface area contributed by atoms with Crippen molar-refractivity contribution in [2.75, 3.05) is 19.5 Å². The number of nitrogens with one attached hydrogen (secondary N) is 1. The number of halogens is 2. The van der Waals surface area contributed by atoms with E-state index in [9.17, 15) is 19.2 Å². The van der Waals surface area contributed by atoms with Gasteiger partial charge in [0.15, 0.2) is 11.6 Å². The van der Waals surface area contributed by atoms with Crippen molar-refractivity contribution >= 4 is 22.5 Å². The highest BCUT2D eigenvalue weighted by molar-refractivity contribution is 5.70. The van der Waals surface area contributed by atoms with Crippen LogP contribution in [0.15, 0.2) is 30.3 Å². The number of ether oxygens (including phenoxy) is 2. The van der Waals surface area contributed by atoms with Crippen molar-refractivity contribution < 1.29 is 27.7 Å². The molecule has 0 aliphatic rings. The topological polar surface area (TPSA) is 84.4 Å². The number of benzene rings is 2. The summed E-state index contributed by atoms with van der Waals surface area (Å²) in [5, 5.41) is 27.8. The van der Waals surface area contributed by atoms with E-state index < -0.39 is 11.6 Å². The lowest BCUT2D eigenvalue weighted by molar-refractivity contribution is -0.623. The Balaban J connectivity index is 2.18. The van der Waals surface area contributed by atoms with Crippen molar-refractivity contribution in [3.8, 4) is 11.5 Å². The number of anilines is 2. The molecule has 0 radical (unpaired) electrons. The molecule has 7 nitrogen and oxygen atoms in total. The maximum absolute atomic E-state index is 13.5. The van der Waals surface area contributed by atoms with Crippen LogP contribution < -0.4 is 24.3 Å². The summed E-state index contributed by atoms with van der Waals surface area (Å²) >= 11 is 0. The second kappa shape index (κ2) is 6.51. The van der Waals surface area contributed by atoms with E-state index in [2.05, 4.69) is 5.32 Å². The molecule has 0 saturated carbocycles. The van der Waals surface area contributed by atoms with Gasteiger partial charge in [0.25, 0.3) is 11.2 Å². The number of hydrogen-bond acceptors (Lipinski definition) is 5. The summed E-state index contributed by atoms with van der Waals surface area (Å²) in [6.07, 6.45) is 0. The number of fused-ring (bicyclic) bond motifs is 1. The average molecular weight is 363 g/mol. The van der Waals surface area contributed by atoms with Gasteiger partial charge in [-0.15, -0.1) is 0 Å². The van der Waals surface area contributed by atoms with Gasteiger partial charge in [-0.05, 0) is 0 Å². The molecule has 0 atom stereocenters. The summed E-state index contributed by atoms with van der Waals surface area (Å²) < 4.78 is 38.0. The highest BCUT2D eigenvalue weighted by Gasteiger charge is 2.25. The van der Waals surface area contributed by atoms with E-state index in [4.69, 9.17) is 9.47 Å². The molecule has 1 aromatic heterocycles. The van der Waals surface area contributed by atoms with Gasteiger partial charge >= 0.3 is 5.82 Å². The van der Waals surface area contributed by atoms with Crippen molar-refractivity contribution in [1.82, 2.24) is 0 Å². The van der Waals surface area contributed by atoms with Crippen LogP contribution in [-0.2, 0) is 0 Å². The lowest BCUT2D eigenvalue weighted by Crippen LogP contribution is -2.43. The molecule has 0 amide bonds. The van der Waals surface area contributed by atoms with Crippen molar-refractivity contribution in [3.63, 3.8) is 0 Å². The van der Waals surface area contributed by atoms with Gasteiger partial charge in [-0.3, -0.25) is 0 Å². The Kier molecular flexibility index (Phi) is 4.37. The smallest absolute Gasteiger partial charge is 0.352 e. The van der Waals surface area contributed by atoms with E-state index in [1.807, 2.05) is 0 Å². The van der Waals surface area contributed by atoms with Crippen LogP contribution in [0.4, 0.5) is 20.3 Å². The van der Waals surface area contributed by atoms with Gasteiger partial charge < -0.3 is 19.9 Å². The Morgan fingerprint density at radius 1 is 0.846 bits per heavy atom. The van der Waals surface area contributed by atoms with E-state index >= 15 is 0 Å². The molecule has 3 rings (SSSR count). The Bertz CT molecular complexity index is 989. The van der Waals surface area contributed by atoms with Gasteiger partial charge in [-0.2, -0.15) is 4.73 Å². The van der Waals surface area contributed by atoms with E-state index in [0.29, 0.717) is 38.8 Å². The second-order valence-corrected chi connectivity index (χ2v) is 5.50. The second-order valence-electron chi connectivity index (χ2n) is 5.50. The first kappa shape index (κ1) is 17.5. The summed E-state index contributed by atoms with van der Waals surface area (Å²) in [6.45, 7) is 1.39. The Hall–Kier alpha value is -3.36. The first-order valence-corrected chi connectivity index (χ1v) is 7.50. The molecule has 136 valence electrons. The molecule has 0 spiro atoms. The number of nitrogens with zero attached hydrogens (tertiary/aromatic N) is 2. The van der Waals surface area contributed by atoms with Crippen molar-refractivity contribution in [2.24, 2.45) is 0 Å². The van der Waals surface area contributed by atoms with Crippen LogP contribution in [0.1, 0.15) is 5.69 Å². The minimum Gasteiger partial charge on any atom is -0.710 e.